The van der Waals surface area contributed by atoms with Crippen LogP contribution in [0.15, 0.2) is 18.2 Å². The average molecular weight is 290 g/mol. The van der Waals surface area contributed by atoms with Crippen molar-refractivity contribution in [3.8, 4) is 5.75 Å². The van der Waals surface area contributed by atoms with Crippen molar-refractivity contribution in [3.05, 3.63) is 28.8 Å². The van der Waals surface area contributed by atoms with Gasteiger partial charge in [-0.05, 0) is 18.2 Å². The van der Waals surface area contributed by atoms with E-state index in [0.717, 1.165) is 0 Å². The van der Waals surface area contributed by atoms with E-state index in [2.05, 4.69) is 0 Å². The van der Waals surface area contributed by atoms with Gasteiger partial charge in [0.05, 0.1) is 24.2 Å². The number of aromatic hydroxyl groups is 1. The smallest absolute Gasteiger partial charge is 0.257 e. The molecule has 6 heteroatoms. The van der Waals surface area contributed by atoms with Crippen molar-refractivity contribution in [2.75, 3.05) is 25.6 Å². The molecule has 1 aromatic carbocycles. The van der Waals surface area contributed by atoms with E-state index < -0.39 is 0 Å². The fourth-order valence-corrected chi connectivity index (χ4v) is 2.21. The third-order valence-corrected chi connectivity index (χ3v) is 3.37. The lowest BCUT2D eigenvalue weighted by molar-refractivity contribution is -0.0109. The van der Waals surface area contributed by atoms with Crippen LogP contribution in [0, 0.1) is 0 Å². The Morgan fingerprint density at radius 2 is 2.33 bits per heavy atom. The summed E-state index contributed by atoms with van der Waals surface area (Å²) >= 11 is 11.5. The van der Waals surface area contributed by atoms with Gasteiger partial charge < -0.3 is 14.7 Å². The van der Waals surface area contributed by atoms with E-state index in [1.807, 2.05) is 0 Å². The number of phenolic OH excluding ortho intramolecular Hbond substituents is 1. The van der Waals surface area contributed by atoms with Gasteiger partial charge in [-0.3, -0.25) is 4.79 Å². The first kappa shape index (κ1) is 13.5. The predicted octanol–water partition coefficient (Wildman–Crippen LogP) is 2.13. The summed E-state index contributed by atoms with van der Waals surface area (Å²) in [7, 11) is 0. The van der Waals surface area contributed by atoms with Crippen molar-refractivity contribution in [1.82, 2.24) is 4.90 Å². The maximum absolute atomic E-state index is 12.2. The molecular weight excluding hydrogens is 277 g/mol. The molecule has 0 spiro atoms. The normalized spacial score (nSPS) is 19.9. The lowest BCUT2D eigenvalue weighted by Crippen LogP contribution is -2.46. The first-order chi connectivity index (χ1) is 8.61. The van der Waals surface area contributed by atoms with E-state index in [-0.39, 0.29) is 23.3 Å². The Hall–Kier alpha value is -0.970. The summed E-state index contributed by atoms with van der Waals surface area (Å²) in [4.78, 5) is 13.9. The van der Waals surface area contributed by atoms with Crippen molar-refractivity contribution in [2.24, 2.45) is 0 Å². The summed E-state index contributed by atoms with van der Waals surface area (Å²) in [6, 6.07) is 4.41. The van der Waals surface area contributed by atoms with Crippen molar-refractivity contribution >= 4 is 29.1 Å². The highest BCUT2D eigenvalue weighted by Crippen LogP contribution is 2.23. The Balaban J connectivity index is 2.17. The van der Waals surface area contributed by atoms with Crippen LogP contribution in [0.1, 0.15) is 10.4 Å². The Bertz CT molecular complexity index is 453. The molecule has 1 unspecified atom stereocenters. The lowest BCUT2D eigenvalue weighted by atomic mass is 10.1. The summed E-state index contributed by atoms with van der Waals surface area (Å²) in [5, 5.41) is 10.1. The summed E-state index contributed by atoms with van der Waals surface area (Å²) in [6.07, 6.45) is -0.161. The van der Waals surface area contributed by atoms with Gasteiger partial charge in [0, 0.05) is 18.1 Å². The van der Waals surface area contributed by atoms with Crippen LogP contribution < -0.4 is 0 Å². The minimum atomic E-state index is -0.256. The largest absolute Gasteiger partial charge is 0.507 e. The second-order valence-corrected chi connectivity index (χ2v) is 4.80. The molecule has 1 aromatic rings. The van der Waals surface area contributed by atoms with Gasteiger partial charge in [-0.25, -0.2) is 0 Å². The number of ether oxygens (including phenoxy) is 1. The maximum atomic E-state index is 12.2. The summed E-state index contributed by atoms with van der Waals surface area (Å²) < 4.78 is 5.38. The number of carbonyl (C=O) groups excluding carboxylic acids is 1. The van der Waals surface area contributed by atoms with Crippen molar-refractivity contribution in [1.29, 1.82) is 0 Å². The number of hydrogen-bond acceptors (Lipinski definition) is 3. The number of morpholine rings is 1. The van der Waals surface area contributed by atoms with Crippen LogP contribution in [0.4, 0.5) is 0 Å². The summed E-state index contributed by atoms with van der Waals surface area (Å²) in [5.41, 5.74) is 0.206. The Morgan fingerprint density at radius 3 is 3.06 bits per heavy atom. The first-order valence-electron chi connectivity index (χ1n) is 5.57. The van der Waals surface area contributed by atoms with Gasteiger partial charge in [-0.2, -0.15) is 0 Å². The molecular formula is C12H13Cl2NO3. The zero-order valence-electron chi connectivity index (χ0n) is 9.60. The molecule has 0 radical (unpaired) electrons. The topological polar surface area (TPSA) is 49.8 Å². The number of phenols is 1. The Morgan fingerprint density at radius 1 is 1.56 bits per heavy atom. The number of benzene rings is 1. The highest BCUT2D eigenvalue weighted by atomic mass is 35.5. The van der Waals surface area contributed by atoms with Crippen LogP contribution in [0.25, 0.3) is 0 Å². The molecule has 2 rings (SSSR count). The van der Waals surface area contributed by atoms with Crippen molar-refractivity contribution < 1.29 is 14.6 Å². The molecule has 1 heterocycles. The van der Waals surface area contributed by atoms with Gasteiger partial charge >= 0.3 is 0 Å². The number of amides is 1. The molecule has 0 bridgehead atoms. The molecule has 1 amide bonds. The minimum Gasteiger partial charge on any atom is -0.507 e. The minimum absolute atomic E-state index is 0.0710. The van der Waals surface area contributed by atoms with E-state index in [9.17, 15) is 9.90 Å². The van der Waals surface area contributed by atoms with Crippen molar-refractivity contribution in [2.45, 2.75) is 6.10 Å². The number of hydrogen-bond donors (Lipinski definition) is 1. The highest BCUT2D eigenvalue weighted by molar-refractivity contribution is 6.31. The molecule has 1 saturated heterocycles. The molecule has 4 nitrogen and oxygen atoms in total. The van der Waals surface area contributed by atoms with Crippen LogP contribution >= 0.6 is 23.2 Å². The number of halogens is 2. The Labute approximate surface area is 115 Å². The number of rotatable bonds is 2. The SMILES string of the molecule is O=C(c1cc(Cl)ccc1O)N1CCOC(CCl)C1. The molecule has 1 aliphatic heterocycles. The molecule has 98 valence electrons. The molecule has 1 N–H and O–H groups in total. The molecule has 0 saturated carbocycles. The van der Waals surface area contributed by atoms with Gasteiger partial charge in [-0.15, -0.1) is 11.6 Å². The molecule has 18 heavy (non-hydrogen) atoms. The van der Waals surface area contributed by atoms with E-state index in [0.29, 0.717) is 30.6 Å². The van der Waals surface area contributed by atoms with Crippen LogP contribution in [-0.2, 0) is 4.74 Å². The van der Waals surface area contributed by atoms with E-state index in [4.69, 9.17) is 27.9 Å². The molecule has 1 fully saturated rings. The number of carbonyl (C=O) groups is 1. The van der Waals surface area contributed by atoms with Crippen LogP contribution in [0.5, 0.6) is 5.75 Å². The van der Waals surface area contributed by atoms with E-state index in [1.165, 1.54) is 18.2 Å². The molecule has 1 aliphatic rings. The van der Waals surface area contributed by atoms with Gasteiger partial charge in [0.15, 0.2) is 0 Å². The fourth-order valence-electron chi connectivity index (χ4n) is 1.85. The molecule has 1 atom stereocenters. The van der Waals surface area contributed by atoms with Gasteiger partial charge in [-0.1, -0.05) is 11.6 Å². The van der Waals surface area contributed by atoms with Gasteiger partial charge in [0.25, 0.3) is 5.91 Å². The van der Waals surface area contributed by atoms with Gasteiger partial charge in [0.1, 0.15) is 5.75 Å². The van der Waals surface area contributed by atoms with E-state index in [1.54, 1.807) is 4.90 Å². The monoisotopic (exact) mass is 289 g/mol. The number of alkyl halides is 1. The second kappa shape index (κ2) is 5.78. The Kier molecular flexibility index (Phi) is 4.32. The predicted molar refractivity (Wildman–Crippen MR) is 69.5 cm³/mol. The van der Waals surface area contributed by atoms with Crippen LogP contribution in [0.3, 0.4) is 0 Å². The van der Waals surface area contributed by atoms with Crippen LogP contribution in [0.2, 0.25) is 5.02 Å². The standard InChI is InChI=1S/C12H13Cl2NO3/c13-6-9-7-15(3-4-18-9)12(17)10-5-8(14)1-2-11(10)16/h1-2,5,9,16H,3-4,6-7H2. The third-order valence-electron chi connectivity index (χ3n) is 2.79. The first-order valence-corrected chi connectivity index (χ1v) is 6.48. The summed E-state index contributed by atoms with van der Waals surface area (Å²) in [5.74, 6) is 0.0115. The zero-order chi connectivity index (χ0) is 13.1. The maximum Gasteiger partial charge on any atom is 0.257 e. The zero-order valence-corrected chi connectivity index (χ0v) is 11.1. The third kappa shape index (κ3) is 2.88. The molecule has 0 aromatic heterocycles. The van der Waals surface area contributed by atoms with Crippen molar-refractivity contribution in [3.63, 3.8) is 0 Å². The van der Waals surface area contributed by atoms with E-state index >= 15 is 0 Å². The van der Waals surface area contributed by atoms with Gasteiger partial charge in [0.2, 0.25) is 0 Å². The quantitative estimate of drug-likeness (QED) is 0.849. The fraction of sp³-hybridized carbons (Fsp3) is 0.417. The highest BCUT2D eigenvalue weighted by Gasteiger charge is 2.26. The molecule has 0 aliphatic carbocycles. The van der Waals surface area contributed by atoms with Crippen LogP contribution in [-0.4, -0.2) is 47.6 Å². The summed E-state index contributed by atoms with van der Waals surface area (Å²) in [6.45, 7) is 1.36. The lowest BCUT2D eigenvalue weighted by Gasteiger charge is -2.32. The number of nitrogens with zero attached hydrogens (tertiary/aromatic N) is 1. The second-order valence-electron chi connectivity index (χ2n) is 4.06. The average Bonchev–Trinajstić information content (AvgIpc) is 2.41.